The van der Waals surface area contributed by atoms with Crippen molar-refractivity contribution < 1.29 is 14.5 Å². The summed E-state index contributed by atoms with van der Waals surface area (Å²) in [7, 11) is 0. The lowest BCUT2D eigenvalue weighted by Gasteiger charge is -2.27. The highest BCUT2D eigenvalue weighted by Gasteiger charge is 2.26. The Morgan fingerprint density at radius 2 is 2.38 bits per heavy atom. The van der Waals surface area contributed by atoms with Crippen molar-refractivity contribution in [1.82, 2.24) is 15.2 Å². The number of aromatic nitrogens is 1. The van der Waals surface area contributed by atoms with Crippen LogP contribution in [0.5, 0.6) is 0 Å². The Morgan fingerprint density at radius 1 is 1.62 bits per heavy atom. The Balaban J connectivity index is 2.34. The first-order valence-electron chi connectivity index (χ1n) is 6.47. The van der Waals surface area contributed by atoms with E-state index < -0.39 is 10.8 Å². The van der Waals surface area contributed by atoms with Crippen molar-refractivity contribution in [2.24, 2.45) is 0 Å². The van der Waals surface area contributed by atoms with Crippen LogP contribution in [0.15, 0.2) is 12.3 Å². The van der Waals surface area contributed by atoms with Gasteiger partial charge >= 0.3 is 0 Å². The summed E-state index contributed by atoms with van der Waals surface area (Å²) in [5.74, 6) is -0.422. The molecule has 0 bridgehead atoms. The van der Waals surface area contributed by atoms with Crippen LogP contribution in [-0.2, 0) is 4.79 Å². The van der Waals surface area contributed by atoms with Gasteiger partial charge in [0.05, 0.1) is 17.0 Å². The van der Waals surface area contributed by atoms with Crippen LogP contribution in [0.1, 0.15) is 17.3 Å². The van der Waals surface area contributed by atoms with Gasteiger partial charge in [0.25, 0.3) is 11.6 Å². The molecule has 0 atom stereocenters. The highest BCUT2D eigenvalue weighted by molar-refractivity contribution is 6.01. The fraction of sp³-hybridized carbons (Fsp3) is 0.417. The molecule has 0 aliphatic carbocycles. The molecular formula is C12H15N5O4. The van der Waals surface area contributed by atoms with E-state index in [1.165, 1.54) is 11.0 Å². The third kappa shape index (κ3) is 3.25. The largest absolute Gasteiger partial charge is 0.370 e. The number of nitro groups is 1. The number of nitrogens with one attached hydrogen (secondary N) is 2. The SMILES string of the molecule is CCNc1ncc([N+](=O)[O-])cc1C(=O)N1CCNC(=O)C1. The van der Waals surface area contributed by atoms with Gasteiger partial charge in [-0.05, 0) is 6.92 Å². The fourth-order valence-corrected chi connectivity index (χ4v) is 2.01. The first kappa shape index (κ1) is 14.7. The lowest BCUT2D eigenvalue weighted by Crippen LogP contribution is -2.50. The molecule has 21 heavy (non-hydrogen) atoms. The molecule has 0 radical (unpaired) electrons. The average molecular weight is 293 g/mol. The molecule has 0 spiro atoms. The Kier molecular flexibility index (Phi) is 4.31. The molecule has 1 aromatic rings. The van der Waals surface area contributed by atoms with Crippen molar-refractivity contribution in [3.63, 3.8) is 0 Å². The van der Waals surface area contributed by atoms with Crippen LogP contribution in [0.25, 0.3) is 0 Å². The van der Waals surface area contributed by atoms with Crippen LogP contribution >= 0.6 is 0 Å². The number of pyridine rings is 1. The molecule has 0 saturated carbocycles. The first-order chi connectivity index (χ1) is 10.0. The number of carbonyl (C=O) groups is 2. The van der Waals surface area contributed by atoms with Gasteiger partial charge in [0.15, 0.2) is 0 Å². The summed E-state index contributed by atoms with van der Waals surface area (Å²) in [6.45, 7) is 3.01. The maximum atomic E-state index is 12.5. The van der Waals surface area contributed by atoms with E-state index in [-0.39, 0.29) is 29.5 Å². The number of piperazine rings is 1. The molecule has 9 nitrogen and oxygen atoms in total. The molecule has 2 N–H and O–H groups in total. The minimum Gasteiger partial charge on any atom is -0.370 e. The van der Waals surface area contributed by atoms with E-state index in [0.717, 1.165) is 6.20 Å². The lowest BCUT2D eigenvalue weighted by molar-refractivity contribution is -0.385. The average Bonchev–Trinajstić information content (AvgIpc) is 2.47. The summed E-state index contributed by atoms with van der Waals surface area (Å²) >= 11 is 0. The van der Waals surface area contributed by atoms with Crippen LogP contribution in [0, 0.1) is 10.1 Å². The summed E-state index contributed by atoms with van der Waals surface area (Å²) in [4.78, 5) is 39.3. The first-order valence-corrected chi connectivity index (χ1v) is 6.47. The van der Waals surface area contributed by atoms with E-state index in [9.17, 15) is 19.7 Å². The molecule has 2 amide bonds. The van der Waals surface area contributed by atoms with Gasteiger partial charge in [-0.2, -0.15) is 0 Å². The third-order valence-electron chi connectivity index (χ3n) is 2.98. The van der Waals surface area contributed by atoms with Gasteiger partial charge in [0.2, 0.25) is 5.91 Å². The van der Waals surface area contributed by atoms with Gasteiger partial charge in [-0.15, -0.1) is 0 Å². The summed E-state index contributed by atoms with van der Waals surface area (Å²) in [5.41, 5.74) is -0.165. The quantitative estimate of drug-likeness (QED) is 0.595. The second-order valence-corrected chi connectivity index (χ2v) is 4.45. The minimum atomic E-state index is -0.609. The topological polar surface area (TPSA) is 117 Å². The fourth-order valence-electron chi connectivity index (χ4n) is 2.01. The highest BCUT2D eigenvalue weighted by atomic mass is 16.6. The van der Waals surface area contributed by atoms with E-state index in [4.69, 9.17) is 0 Å². The number of amides is 2. The Labute approximate surface area is 120 Å². The van der Waals surface area contributed by atoms with E-state index >= 15 is 0 Å². The molecule has 0 aromatic carbocycles. The van der Waals surface area contributed by atoms with Crippen LogP contribution in [0.4, 0.5) is 11.5 Å². The molecule has 2 heterocycles. The van der Waals surface area contributed by atoms with Crippen molar-refractivity contribution in [1.29, 1.82) is 0 Å². The van der Waals surface area contributed by atoms with Crippen molar-refractivity contribution >= 4 is 23.3 Å². The highest BCUT2D eigenvalue weighted by Crippen LogP contribution is 2.21. The summed E-state index contributed by atoms with van der Waals surface area (Å²) < 4.78 is 0. The number of carbonyl (C=O) groups excluding carboxylic acids is 2. The number of hydrogen-bond donors (Lipinski definition) is 2. The summed E-state index contributed by atoms with van der Waals surface area (Å²) in [6, 6.07) is 1.18. The van der Waals surface area contributed by atoms with Crippen molar-refractivity contribution in [2.75, 3.05) is 31.5 Å². The van der Waals surface area contributed by atoms with E-state index in [0.29, 0.717) is 19.6 Å². The zero-order chi connectivity index (χ0) is 15.4. The number of rotatable bonds is 4. The van der Waals surface area contributed by atoms with Crippen LogP contribution < -0.4 is 10.6 Å². The monoisotopic (exact) mass is 293 g/mol. The number of hydrogen-bond acceptors (Lipinski definition) is 6. The summed E-state index contributed by atoms with van der Waals surface area (Å²) in [6.07, 6.45) is 1.09. The smallest absolute Gasteiger partial charge is 0.288 e. The molecule has 0 unspecified atom stereocenters. The molecule has 1 saturated heterocycles. The van der Waals surface area contributed by atoms with Crippen molar-refractivity contribution in [3.8, 4) is 0 Å². The van der Waals surface area contributed by atoms with E-state index in [1.807, 2.05) is 6.92 Å². The summed E-state index contributed by atoms with van der Waals surface area (Å²) in [5, 5.41) is 16.3. The molecule has 112 valence electrons. The zero-order valence-corrected chi connectivity index (χ0v) is 11.5. The zero-order valence-electron chi connectivity index (χ0n) is 11.5. The predicted molar refractivity (Wildman–Crippen MR) is 74.0 cm³/mol. The Bertz CT molecular complexity index is 589. The van der Waals surface area contributed by atoms with Gasteiger partial charge in [-0.1, -0.05) is 0 Å². The lowest BCUT2D eigenvalue weighted by atomic mass is 10.2. The van der Waals surface area contributed by atoms with Crippen molar-refractivity contribution in [2.45, 2.75) is 6.92 Å². The van der Waals surface area contributed by atoms with Gasteiger partial charge in [0, 0.05) is 25.7 Å². The molecule has 1 aliphatic rings. The number of nitrogens with zero attached hydrogens (tertiary/aromatic N) is 3. The van der Waals surface area contributed by atoms with Gasteiger partial charge in [-0.3, -0.25) is 19.7 Å². The predicted octanol–water partition coefficient (Wildman–Crippen LogP) is -0.00640. The molecule has 1 aromatic heterocycles. The van der Waals surface area contributed by atoms with Crippen LogP contribution in [0.3, 0.4) is 0 Å². The van der Waals surface area contributed by atoms with Crippen LogP contribution in [0.2, 0.25) is 0 Å². The molecule has 1 aliphatic heterocycles. The Morgan fingerprint density at radius 3 is 3.00 bits per heavy atom. The standard InChI is InChI=1S/C12H15N5O4/c1-2-13-11-9(5-8(6-15-11)17(20)21)12(19)16-4-3-14-10(18)7-16/h5-6H,2-4,7H2,1H3,(H,13,15)(H,14,18). The molecule has 9 heteroatoms. The van der Waals surface area contributed by atoms with Crippen molar-refractivity contribution in [3.05, 3.63) is 27.9 Å². The van der Waals surface area contributed by atoms with Gasteiger partial charge in [-0.25, -0.2) is 4.98 Å². The normalized spacial score (nSPS) is 14.5. The second kappa shape index (κ2) is 6.16. The van der Waals surface area contributed by atoms with E-state index in [1.54, 1.807) is 0 Å². The second-order valence-electron chi connectivity index (χ2n) is 4.45. The maximum Gasteiger partial charge on any atom is 0.288 e. The third-order valence-corrected chi connectivity index (χ3v) is 2.98. The van der Waals surface area contributed by atoms with Crippen LogP contribution in [-0.4, -0.2) is 52.8 Å². The Hall–Kier alpha value is -2.71. The van der Waals surface area contributed by atoms with Gasteiger partial charge in [0.1, 0.15) is 12.0 Å². The molecular weight excluding hydrogens is 278 g/mol. The maximum absolute atomic E-state index is 12.5. The van der Waals surface area contributed by atoms with E-state index in [2.05, 4.69) is 15.6 Å². The number of anilines is 1. The minimum absolute atomic E-state index is 0.0624. The van der Waals surface area contributed by atoms with Gasteiger partial charge < -0.3 is 15.5 Å². The molecule has 1 fully saturated rings. The molecule has 2 rings (SSSR count).